The fourth-order valence-electron chi connectivity index (χ4n) is 4.20. The summed E-state index contributed by atoms with van der Waals surface area (Å²) < 4.78 is 2.12. The van der Waals surface area contributed by atoms with Gasteiger partial charge in [-0.05, 0) is 49.4 Å². The van der Waals surface area contributed by atoms with E-state index in [2.05, 4.69) is 31.5 Å². The van der Waals surface area contributed by atoms with Crippen LogP contribution in [0.5, 0.6) is 0 Å². The van der Waals surface area contributed by atoms with Crippen LogP contribution in [0, 0.1) is 13.8 Å². The van der Waals surface area contributed by atoms with Crippen molar-refractivity contribution in [3.63, 3.8) is 0 Å². The van der Waals surface area contributed by atoms with Crippen molar-refractivity contribution in [1.29, 1.82) is 0 Å². The number of aromatic nitrogens is 3. The van der Waals surface area contributed by atoms with E-state index in [4.69, 9.17) is 0 Å². The van der Waals surface area contributed by atoms with Crippen LogP contribution in [0.4, 0.5) is 5.69 Å². The molecule has 0 bridgehead atoms. The van der Waals surface area contributed by atoms with Crippen LogP contribution in [0.2, 0.25) is 0 Å². The maximum atomic E-state index is 12.5. The topological polar surface area (TPSA) is 88.9 Å². The van der Waals surface area contributed by atoms with Crippen LogP contribution in [0.1, 0.15) is 59.9 Å². The Morgan fingerprint density at radius 2 is 2.11 bits per heavy atom. The van der Waals surface area contributed by atoms with Gasteiger partial charge in [0.05, 0.1) is 12.5 Å². The van der Waals surface area contributed by atoms with Gasteiger partial charge in [-0.1, -0.05) is 12.5 Å². The average Bonchev–Trinajstić information content (AvgIpc) is 3.03. The molecular weight excluding hydrogens is 342 g/mol. The summed E-state index contributed by atoms with van der Waals surface area (Å²) in [4.78, 5) is 24.9. The van der Waals surface area contributed by atoms with E-state index in [1.807, 2.05) is 19.9 Å². The second kappa shape index (κ2) is 7.13. The van der Waals surface area contributed by atoms with Crippen molar-refractivity contribution in [3.8, 4) is 0 Å². The minimum absolute atomic E-state index is 0.106. The van der Waals surface area contributed by atoms with Gasteiger partial charge in [-0.2, -0.15) is 0 Å². The quantitative estimate of drug-likeness (QED) is 0.868. The number of fused-ring (bicyclic) bond motifs is 2. The van der Waals surface area contributed by atoms with Gasteiger partial charge < -0.3 is 15.2 Å². The van der Waals surface area contributed by atoms with Crippen LogP contribution in [-0.2, 0) is 29.1 Å². The predicted molar refractivity (Wildman–Crippen MR) is 101 cm³/mol. The zero-order chi connectivity index (χ0) is 19.0. The van der Waals surface area contributed by atoms with E-state index in [9.17, 15) is 9.59 Å². The van der Waals surface area contributed by atoms with Crippen molar-refractivity contribution in [3.05, 3.63) is 40.5 Å². The summed E-state index contributed by atoms with van der Waals surface area (Å²) >= 11 is 0. The standard InChI is InChI=1S/C20H25N5O2/c1-12-8-13(2)19-14(20(27)22-15(19)9-12)10-18(26)21-11-17-24-23-16-6-4-3-5-7-25(16)17/h8-9,14H,3-7,10-11H2,1-2H3,(H,21,26)(H,22,27)/t14-/m1/s1. The molecule has 0 unspecified atom stereocenters. The molecule has 0 saturated heterocycles. The number of nitrogens with one attached hydrogen (secondary N) is 2. The SMILES string of the molecule is Cc1cc(C)c2c(c1)NC(=O)[C@@H]2CC(=O)NCc1nnc2n1CCCCC2. The van der Waals surface area contributed by atoms with Crippen molar-refractivity contribution >= 4 is 17.5 Å². The molecule has 7 heteroatoms. The third-order valence-electron chi connectivity index (χ3n) is 5.47. The number of carbonyl (C=O) groups is 2. The van der Waals surface area contributed by atoms with E-state index in [0.717, 1.165) is 59.8 Å². The Bertz CT molecular complexity index is 902. The van der Waals surface area contributed by atoms with Crippen molar-refractivity contribution < 1.29 is 9.59 Å². The molecule has 0 aliphatic carbocycles. The molecular formula is C20H25N5O2. The first-order valence-electron chi connectivity index (χ1n) is 9.62. The molecule has 0 saturated carbocycles. The molecule has 2 aliphatic heterocycles. The second-order valence-electron chi connectivity index (χ2n) is 7.56. The fraction of sp³-hybridized carbons (Fsp3) is 0.500. The highest BCUT2D eigenvalue weighted by Gasteiger charge is 2.33. The molecule has 1 aromatic carbocycles. The molecule has 1 atom stereocenters. The Hall–Kier alpha value is -2.70. The number of rotatable bonds is 4. The summed E-state index contributed by atoms with van der Waals surface area (Å²) in [6.07, 6.45) is 4.54. The first kappa shape index (κ1) is 17.7. The second-order valence-corrected chi connectivity index (χ2v) is 7.56. The summed E-state index contributed by atoms with van der Waals surface area (Å²) in [5.74, 6) is 1.12. The van der Waals surface area contributed by atoms with E-state index < -0.39 is 5.92 Å². The van der Waals surface area contributed by atoms with Gasteiger partial charge in [0, 0.05) is 25.1 Å². The van der Waals surface area contributed by atoms with Gasteiger partial charge in [0.25, 0.3) is 0 Å². The molecule has 4 rings (SSSR count). The lowest BCUT2D eigenvalue weighted by Crippen LogP contribution is -2.28. The van der Waals surface area contributed by atoms with Gasteiger partial charge in [-0.15, -0.1) is 10.2 Å². The highest BCUT2D eigenvalue weighted by atomic mass is 16.2. The summed E-state index contributed by atoms with van der Waals surface area (Å²) in [5.41, 5.74) is 3.92. The molecule has 0 fully saturated rings. The summed E-state index contributed by atoms with van der Waals surface area (Å²) in [7, 11) is 0. The Labute approximate surface area is 158 Å². The van der Waals surface area contributed by atoms with E-state index in [0.29, 0.717) is 6.54 Å². The van der Waals surface area contributed by atoms with Gasteiger partial charge >= 0.3 is 0 Å². The number of benzene rings is 1. The fourth-order valence-corrected chi connectivity index (χ4v) is 4.20. The lowest BCUT2D eigenvalue weighted by atomic mass is 9.92. The minimum Gasteiger partial charge on any atom is -0.349 e. The minimum atomic E-state index is -0.434. The predicted octanol–water partition coefficient (Wildman–Crippen LogP) is 2.36. The van der Waals surface area contributed by atoms with E-state index in [1.165, 1.54) is 6.42 Å². The molecule has 2 amide bonds. The molecule has 3 heterocycles. The van der Waals surface area contributed by atoms with Crippen LogP contribution in [0.15, 0.2) is 12.1 Å². The van der Waals surface area contributed by atoms with Gasteiger partial charge in [0.2, 0.25) is 11.8 Å². The molecule has 2 N–H and O–H groups in total. The molecule has 0 radical (unpaired) electrons. The lowest BCUT2D eigenvalue weighted by Gasteiger charge is -2.12. The van der Waals surface area contributed by atoms with E-state index >= 15 is 0 Å². The number of nitrogens with zero attached hydrogens (tertiary/aromatic N) is 3. The molecule has 1 aromatic heterocycles. The summed E-state index contributed by atoms with van der Waals surface area (Å²) in [5, 5.41) is 14.3. The number of hydrogen-bond donors (Lipinski definition) is 2. The molecule has 0 spiro atoms. The number of amides is 2. The van der Waals surface area contributed by atoms with Crippen LogP contribution in [-0.4, -0.2) is 26.6 Å². The smallest absolute Gasteiger partial charge is 0.232 e. The summed E-state index contributed by atoms with van der Waals surface area (Å²) in [6.45, 7) is 5.24. The van der Waals surface area contributed by atoms with Gasteiger partial charge in [0.1, 0.15) is 5.82 Å². The van der Waals surface area contributed by atoms with Crippen LogP contribution < -0.4 is 10.6 Å². The monoisotopic (exact) mass is 367 g/mol. The molecule has 7 nitrogen and oxygen atoms in total. The van der Waals surface area contributed by atoms with Crippen molar-refractivity contribution in [2.24, 2.45) is 0 Å². The van der Waals surface area contributed by atoms with Gasteiger partial charge in [-0.25, -0.2) is 0 Å². The Morgan fingerprint density at radius 3 is 2.96 bits per heavy atom. The average molecular weight is 367 g/mol. The normalized spacial score (nSPS) is 18.4. The highest BCUT2D eigenvalue weighted by molar-refractivity contribution is 6.05. The molecule has 2 aromatic rings. The number of aryl methyl sites for hydroxylation is 3. The lowest BCUT2D eigenvalue weighted by molar-refractivity contribution is -0.125. The third-order valence-corrected chi connectivity index (χ3v) is 5.47. The van der Waals surface area contributed by atoms with Crippen molar-refractivity contribution in [1.82, 2.24) is 20.1 Å². The number of anilines is 1. The van der Waals surface area contributed by atoms with Gasteiger partial charge in [-0.3, -0.25) is 9.59 Å². The maximum absolute atomic E-state index is 12.5. The Kier molecular flexibility index (Phi) is 4.68. The zero-order valence-electron chi connectivity index (χ0n) is 15.8. The molecule has 142 valence electrons. The van der Waals surface area contributed by atoms with Crippen molar-refractivity contribution in [2.75, 3.05) is 5.32 Å². The van der Waals surface area contributed by atoms with E-state index in [1.54, 1.807) is 0 Å². The zero-order valence-corrected chi connectivity index (χ0v) is 15.8. The molecule has 2 aliphatic rings. The summed E-state index contributed by atoms with van der Waals surface area (Å²) in [6, 6.07) is 4.01. The van der Waals surface area contributed by atoms with Crippen LogP contribution >= 0.6 is 0 Å². The highest BCUT2D eigenvalue weighted by Crippen LogP contribution is 2.37. The Balaban J connectivity index is 1.43. The molecule has 27 heavy (non-hydrogen) atoms. The van der Waals surface area contributed by atoms with Crippen molar-refractivity contribution in [2.45, 2.75) is 65.0 Å². The van der Waals surface area contributed by atoms with Gasteiger partial charge in [0.15, 0.2) is 5.82 Å². The number of hydrogen-bond acceptors (Lipinski definition) is 4. The van der Waals surface area contributed by atoms with Crippen LogP contribution in [0.25, 0.3) is 0 Å². The third kappa shape index (κ3) is 3.46. The van der Waals surface area contributed by atoms with E-state index in [-0.39, 0.29) is 18.2 Å². The first-order valence-corrected chi connectivity index (χ1v) is 9.62. The van der Waals surface area contributed by atoms with Crippen LogP contribution in [0.3, 0.4) is 0 Å². The maximum Gasteiger partial charge on any atom is 0.232 e. The Morgan fingerprint density at radius 1 is 1.26 bits per heavy atom. The first-order chi connectivity index (χ1) is 13.0. The largest absolute Gasteiger partial charge is 0.349 e. The number of carbonyl (C=O) groups excluding carboxylic acids is 2.